The number of amides is 2. The molecule has 0 N–H and O–H groups in total. The molecule has 0 spiro atoms. The van der Waals surface area contributed by atoms with Crippen LogP contribution in [0.5, 0.6) is 5.75 Å². The second-order valence-corrected chi connectivity index (χ2v) is 8.03. The lowest BCUT2D eigenvalue weighted by atomic mass is 9.86. The molecule has 3 aliphatic rings. The summed E-state index contributed by atoms with van der Waals surface area (Å²) >= 11 is 5.96. The van der Waals surface area contributed by atoms with E-state index in [9.17, 15) is 14.4 Å². The van der Waals surface area contributed by atoms with Crippen molar-refractivity contribution in [2.75, 3.05) is 12.0 Å². The number of anilines is 1. The van der Waals surface area contributed by atoms with Crippen LogP contribution >= 0.6 is 11.6 Å². The average molecular weight is 436 g/mol. The Bertz CT molecular complexity index is 1130. The second kappa shape index (κ2) is 7.35. The molecule has 31 heavy (non-hydrogen) atoms. The fourth-order valence-electron chi connectivity index (χ4n) is 4.61. The fourth-order valence-corrected chi connectivity index (χ4v) is 4.73. The maximum atomic E-state index is 13.5. The molecular weight excluding hydrogens is 418 g/mol. The highest BCUT2D eigenvalue weighted by Gasteiger charge is 2.64. The summed E-state index contributed by atoms with van der Waals surface area (Å²) in [5, 5.41) is 6.45. The summed E-state index contributed by atoms with van der Waals surface area (Å²) in [6.07, 6.45) is 5.13. The minimum Gasteiger partial charge on any atom is -0.497 e. The number of allylic oxidation sites excluding steroid dienone is 1. The lowest BCUT2D eigenvalue weighted by molar-refractivity contribution is -0.123. The smallest absolute Gasteiger partial charge is 0.240 e. The van der Waals surface area contributed by atoms with E-state index in [1.54, 1.807) is 72.9 Å². The molecule has 2 amide bonds. The van der Waals surface area contributed by atoms with Crippen LogP contribution in [0, 0.1) is 11.8 Å². The zero-order valence-electron chi connectivity index (χ0n) is 16.5. The highest BCUT2D eigenvalue weighted by molar-refractivity contribution is 6.31. The number of hydrogen-bond donors (Lipinski definition) is 0. The highest BCUT2D eigenvalue weighted by atomic mass is 35.5. The standard InChI is InChI=1S/C23H18ClN3O4/c1-31-16-10-4-13(5-11-16)21(28)20-19-18(17-3-2-12-25-27(17)20)22(29)26(23(19)30)15-8-6-14(24)7-9-15/h2-12,17-20H,1H3/t17?,18-,19-,20+/m0/s1. The molecule has 0 aromatic heterocycles. The monoisotopic (exact) mass is 435 g/mol. The van der Waals surface area contributed by atoms with E-state index in [-0.39, 0.29) is 11.7 Å². The van der Waals surface area contributed by atoms with Crippen LogP contribution in [0.15, 0.2) is 65.8 Å². The first kappa shape index (κ1) is 19.5. The molecule has 7 nitrogen and oxygen atoms in total. The van der Waals surface area contributed by atoms with Crippen LogP contribution in [0.3, 0.4) is 0 Å². The number of benzene rings is 2. The molecule has 0 saturated carbocycles. The molecule has 3 heterocycles. The van der Waals surface area contributed by atoms with E-state index < -0.39 is 29.8 Å². The number of carbonyl (C=O) groups is 3. The molecule has 156 valence electrons. The third-order valence-corrected chi connectivity index (χ3v) is 6.27. The van der Waals surface area contributed by atoms with Crippen molar-refractivity contribution in [3.05, 3.63) is 71.3 Å². The Morgan fingerprint density at radius 3 is 2.35 bits per heavy atom. The Hall–Kier alpha value is -3.45. The van der Waals surface area contributed by atoms with Gasteiger partial charge in [-0.2, -0.15) is 5.10 Å². The quantitative estimate of drug-likeness (QED) is 0.545. The van der Waals surface area contributed by atoms with Crippen molar-refractivity contribution in [1.29, 1.82) is 0 Å². The Kier molecular flexibility index (Phi) is 4.63. The van der Waals surface area contributed by atoms with Gasteiger partial charge < -0.3 is 4.74 Å². The molecule has 3 aliphatic heterocycles. The minimum atomic E-state index is -0.877. The van der Waals surface area contributed by atoms with Crippen molar-refractivity contribution in [3.63, 3.8) is 0 Å². The topological polar surface area (TPSA) is 79.3 Å². The Labute approximate surface area is 183 Å². The number of ketones is 1. The van der Waals surface area contributed by atoms with E-state index in [2.05, 4.69) is 5.10 Å². The van der Waals surface area contributed by atoms with Gasteiger partial charge in [0.1, 0.15) is 11.8 Å². The van der Waals surface area contributed by atoms with Crippen LogP contribution in [0.25, 0.3) is 0 Å². The number of imide groups is 1. The maximum Gasteiger partial charge on any atom is 0.240 e. The van der Waals surface area contributed by atoms with Crippen LogP contribution in [0.1, 0.15) is 10.4 Å². The first-order valence-electron chi connectivity index (χ1n) is 9.82. The van der Waals surface area contributed by atoms with Gasteiger partial charge in [-0.3, -0.25) is 19.4 Å². The largest absolute Gasteiger partial charge is 0.497 e. The molecule has 5 rings (SSSR count). The molecule has 1 unspecified atom stereocenters. The van der Waals surface area contributed by atoms with Crippen molar-refractivity contribution in [2.45, 2.75) is 12.1 Å². The summed E-state index contributed by atoms with van der Waals surface area (Å²) in [5.41, 5.74) is 0.874. The van der Waals surface area contributed by atoms with Crippen LogP contribution in [-0.4, -0.2) is 48.0 Å². The highest BCUT2D eigenvalue weighted by Crippen LogP contribution is 2.46. The van der Waals surface area contributed by atoms with Crippen molar-refractivity contribution in [1.82, 2.24) is 5.01 Å². The summed E-state index contributed by atoms with van der Waals surface area (Å²) in [4.78, 5) is 41.5. The predicted molar refractivity (Wildman–Crippen MR) is 115 cm³/mol. The predicted octanol–water partition coefficient (Wildman–Crippen LogP) is 2.95. The van der Waals surface area contributed by atoms with Crippen LogP contribution in [0.4, 0.5) is 5.69 Å². The van der Waals surface area contributed by atoms with E-state index in [1.165, 1.54) is 4.90 Å². The minimum absolute atomic E-state index is 0.258. The van der Waals surface area contributed by atoms with Gasteiger partial charge in [-0.1, -0.05) is 17.7 Å². The lowest BCUT2D eigenvalue weighted by Crippen LogP contribution is -2.46. The Morgan fingerprint density at radius 1 is 1.00 bits per heavy atom. The summed E-state index contributed by atoms with van der Waals surface area (Å²) < 4.78 is 5.16. The van der Waals surface area contributed by atoms with Gasteiger partial charge in [-0.25, -0.2) is 4.90 Å². The number of fused-ring (bicyclic) bond motifs is 3. The second-order valence-electron chi connectivity index (χ2n) is 7.60. The van der Waals surface area contributed by atoms with E-state index in [1.807, 2.05) is 6.08 Å². The molecule has 2 aromatic carbocycles. The summed E-state index contributed by atoms with van der Waals surface area (Å²) in [5.74, 6) is -1.89. The zero-order valence-corrected chi connectivity index (χ0v) is 17.3. The molecule has 4 atom stereocenters. The van der Waals surface area contributed by atoms with Gasteiger partial charge >= 0.3 is 0 Å². The molecule has 2 fully saturated rings. The lowest BCUT2D eigenvalue weighted by Gasteiger charge is -2.30. The average Bonchev–Trinajstić information content (AvgIpc) is 3.27. The first-order chi connectivity index (χ1) is 15.0. The molecule has 2 saturated heterocycles. The number of rotatable bonds is 4. The molecule has 2 aromatic rings. The van der Waals surface area contributed by atoms with Gasteiger partial charge in [0, 0.05) is 16.8 Å². The maximum absolute atomic E-state index is 13.5. The number of carbonyl (C=O) groups excluding carboxylic acids is 3. The summed E-state index contributed by atoms with van der Waals surface area (Å²) in [7, 11) is 1.55. The van der Waals surface area contributed by atoms with Gasteiger partial charge in [0.25, 0.3) is 0 Å². The Morgan fingerprint density at radius 2 is 1.68 bits per heavy atom. The number of hydrazone groups is 1. The number of Topliss-reactive ketones (excluding diaryl/α,β-unsaturated/α-hetero) is 1. The number of halogens is 1. The number of methoxy groups -OCH3 is 1. The van der Waals surface area contributed by atoms with Gasteiger partial charge in [0.15, 0.2) is 5.78 Å². The molecule has 0 bridgehead atoms. The molecule has 0 aliphatic carbocycles. The first-order valence-corrected chi connectivity index (χ1v) is 10.2. The normalized spacial score (nSPS) is 26.3. The van der Waals surface area contributed by atoms with Gasteiger partial charge in [0.05, 0.1) is 30.7 Å². The van der Waals surface area contributed by atoms with Crippen LogP contribution in [0.2, 0.25) is 5.02 Å². The SMILES string of the molecule is COc1ccc(C(=O)[C@H]2[C@H]3C(=O)N(c4ccc(Cl)cc4)C(=O)[C@H]3C3C=CC=NN32)cc1. The zero-order chi connectivity index (χ0) is 21.7. The van der Waals surface area contributed by atoms with Crippen molar-refractivity contribution < 1.29 is 19.1 Å². The van der Waals surface area contributed by atoms with E-state index in [4.69, 9.17) is 16.3 Å². The molecule has 8 heteroatoms. The number of hydrogen-bond acceptors (Lipinski definition) is 6. The van der Waals surface area contributed by atoms with E-state index in [0.29, 0.717) is 22.0 Å². The summed E-state index contributed by atoms with van der Waals surface area (Å²) in [6.45, 7) is 0. The molecular formula is C23H18ClN3O4. The molecule has 0 radical (unpaired) electrons. The van der Waals surface area contributed by atoms with Crippen LogP contribution in [-0.2, 0) is 9.59 Å². The third-order valence-electron chi connectivity index (χ3n) is 6.02. The van der Waals surface area contributed by atoms with Crippen molar-refractivity contribution in [3.8, 4) is 5.75 Å². The van der Waals surface area contributed by atoms with E-state index in [0.717, 1.165) is 0 Å². The van der Waals surface area contributed by atoms with Crippen LogP contribution < -0.4 is 9.64 Å². The van der Waals surface area contributed by atoms with Gasteiger partial charge in [-0.05, 0) is 54.6 Å². The number of ether oxygens (including phenoxy) is 1. The van der Waals surface area contributed by atoms with E-state index >= 15 is 0 Å². The Balaban J connectivity index is 1.55. The third kappa shape index (κ3) is 2.96. The number of nitrogens with zero attached hydrogens (tertiary/aromatic N) is 3. The summed E-state index contributed by atoms with van der Waals surface area (Å²) in [6, 6.07) is 11.9. The van der Waals surface area contributed by atoms with Crippen molar-refractivity contribution >= 4 is 41.1 Å². The fraction of sp³-hybridized carbons (Fsp3) is 0.217. The van der Waals surface area contributed by atoms with Gasteiger partial charge in [-0.15, -0.1) is 0 Å². The van der Waals surface area contributed by atoms with Crippen molar-refractivity contribution in [2.24, 2.45) is 16.9 Å². The van der Waals surface area contributed by atoms with Gasteiger partial charge in [0.2, 0.25) is 11.8 Å².